The molecule has 0 aliphatic carbocycles. The number of para-hydroxylation sites is 1. The third-order valence-electron chi connectivity index (χ3n) is 5.68. The lowest BCUT2D eigenvalue weighted by molar-refractivity contribution is -0.136. The van der Waals surface area contributed by atoms with Gasteiger partial charge in [0.1, 0.15) is 5.71 Å². The number of hydrogen-bond donors (Lipinski definition) is 0. The lowest BCUT2D eigenvalue weighted by Gasteiger charge is -2.41. The molecule has 2 aliphatic heterocycles. The van der Waals surface area contributed by atoms with Crippen LogP contribution in [0, 0.1) is 11.1 Å². The van der Waals surface area contributed by atoms with Crippen molar-refractivity contribution in [1.82, 2.24) is 10.2 Å². The highest BCUT2D eigenvalue weighted by molar-refractivity contribution is 6.40. The molecule has 0 N–H and O–H groups in total. The van der Waals surface area contributed by atoms with E-state index in [9.17, 15) is 10.0 Å². The van der Waals surface area contributed by atoms with E-state index in [2.05, 4.69) is 5.10 Å². The Hall–Kier alpha value is -2.12. The zero-order chi connectivity index (χ0) is 21.3. The molecule has 1 saturated heterocycles. The van der Waals surface area contributed by atoms with Crippen molar-refractivity contribution in [2.24, 2.45) is 11.0 Å². The van der Waals surface area contributed by atoms with Crippen LogP contribution in [0.4, 0.5) is 5.69 Å². The van der Waals surface area contributed by atoms with Crippen LogP contribution in [0.5, 0.6) is 0 Å². The summed E-state index contributed by atoms with van der Waals surface area (Å²) in [6.45, 7) is 3.09. The number of piperidine rings is 1. The molecule has 30 heavy (non-hydrogen) atoms. The highest BCUT2D eigenvalue weighted by Gasteiger charge is 2.40. The molecule has 0 radical (unpaired) electrons. The minimum Gasteiger partial charge on any atom is -0.741 e. The number of benzene rings is 2. The zero-order valence-electron chi connectivity index (χ0n) is 16.7. The average molecular weight is 446 g/mol. The standard InChI is InChI=1S/C22H23Cl2N4O2/c1-15-20(22(29)28(30)26-13-5-2-6-14-26)25-27(19-8-4-3-7-18(19)24)21(15)16-9-11-17(23)12-10-16/h3-4,7-12,15,21H,2,5-6,13-14H2,1H3/q-1/t15-,21+/m1/s1. The average Bonchev–Trinajstić information content (AvgIpc) is 3.11. The highest BCUT2D eigenvalue weighted by atomic mass is 35.5. The molecule has 0 saturated carbocycles. The topological polar surface area (TPSA) is 62.2 Å². The predicted molar refractivity (Wildman–Crippen MR) is 120 cm³/mol. The van der Waals surface area contributed by atoms with Crippen LogP contribution in [0.15, 0.2) is 53.6 Å². The number of carbonyl (C=O) groups excluding carboxylic acids is 1. The molecule has 1 amide bonds. The van der Waals surface area contributed by atoms with Gasteiger partial charge in [-0.1, -0.05) is 60.8 Å². The number of hydrazine groups is 1. The second kappa shape index (κ2) is 8.94. The Kier molecular flexibility index (Phi) is 6.29. The number of hydrazone groups is 1. The molecule has 4 rings (SSSR count). The van der Waals surface area contributed by atoms with Crippen LogP contribution in [0.3, 0.4) is 0 Å². The molecule has 158 valence electrons. The number of hydrogen-bond acceptors (Lipinski definition) is 5. The lowest BCUT2D eigenvalue weighted by Crippen LogP contribution is -2.48. The SMILES string of the molecule is C[C@@H]1C(C(=O)N([O-])N2CCCCC2)=NN(c2ccccc2Cl)[C@@H]1c1ccc(Cl)cc1. The maximum atomic E-state index is 13.1. The first kappa shape index (κ1) is 21.1. The molecule has 8 heteroatoms. The van der Waals surface area contributed by atoms with Gasteiger partial charge in [-0.3, -0.25) is 9.80 Å². The molecule has 0 bridgehead atoms. The summed E-state index contributed by atoms with van der Waals surface area (Å²) in [7, 11) is 0. The quantitative estimate of drug-likeness (QED) is 0.600. The largest absolute Gasteiger partial charge is 0.741 e. The summed E-state index contributed by atoms with van der Waals surface area (Å²) in [6, 6.07) is 14.5. The Bertz CT molecular complexity index is 944. The van der Waals surface area contributed by atoms with E-state index in [4.69, 9.17) is 23.2 Å². The van der Waals surface area contributed by atoms with Crippen LogP contribution in [0.25, 0.3) is 0 Å². The normalized spacial score (nSPS) is 22.1. The summed E-state index contributed by atoms with van der Waals surface area (Å²) < 4.78 is 0. The fourth-order valence-electron chi connectivity index (χ4n) is 4.08. The molecule has 1 fully saturated rings. The number of nitrogens with zero attached hydrogens (tertiary/aromatic N) is 4. The van der Waals surface area contributed by atoms with Crippen LogP contribution in [-0.4, -0.2) is 34.9 Å². The van der Waals surface area contributed by atoms with Crippen molar-refractivity contribution < 1.29 is 4.79 Å². The minimum absolute atomic E-state index is 0.232. The van der Waals surface area contributed by atoms with E-state index < -0.39 is 5.91 Å². The van der Waals surface area contributed by atoms with Gasteiger partial charge < -0.3 is 10.4 Å². The van der Waals surface area contributed by atoms with Gasteiger partial charge in [-0.2, -0.15) is 5.10 Å². The fraction of sp³-hybridized carbons (Fsp3) is 0.364. The number of halogens is 2. The third-order valence-corrected chi connectivity index (χ3v) is 6.25. The van der Waals surface area contributed by atoms with E-state index in [0.29, 0.717) is 34.0 Å². The van der Waals surface area contributed by atoms with Crippen molar-refractivity contribution in [3.63, 3.8) is 0 Å². The van der Waals surface area contributed by atoms with Crippen molar-refractivity contribution >= 4 is 40.5 Å². The summed E-state index contributed by atoms with van der Waals surface area (Å²) in [4.78, 5) is 13.1. The molecule has 2 aliphatic rings. The Morgan fingerprint density at radius 1 is 1.07 bits per heavy atom. The van der Waals surface area contributed by atoms with Crippen molar-refractivity contribution in [2.45, 2.75) is 32.2 Å². The second-order valence-corrected chi connectivity index (χ2v) is 8.50. The van der Waals surface area contributed by atoms with Gasteiger partial charge in [-0.05, 0) is 42.7 Å². The molecule has 0 spiro atoms. The first-order chi connectivity index (χ1) is 14.5. The molecular weight excluding hydrogens is 423 g/mol. The summed E-state index contributed by atoms with van der Waals surface area (Å²) in [6.07, 6.45) is 2.90. The summed E-state index contributed by atoms with van der Waals surface area (Å²) in [5.74, 6) is -0.922. The summed E-state index contributed by atoms with van der Waals surface area (Å²) in [5.41, 5.74) is 1.86. The molecule has 0 aromatic heterocycles. The van der Waals surface area contributed by atoms with Gasteiger partial charge in [0.2, 0.25) is 0 Å². The van der Waals surface area contributed by atoms with E-state index in [1.54, 1.807) is 16.1 Å². The number of rotatable bonds is 4. The molecule has 0 unspecified atom stereocenters. The number of amides is 1. The number of anilines is 1. The van der Waals surface area contributed by atoms with E-state index >= 15 is 0 Å². The number of carbonyl (C=O) groups is 1. The summed E-state index contributed by atoms with van der Waals surface area (Å²) in [5, 5.41) is 22.3. The maximum absolute atomic E-state index is 13.1. The van der Waals surface area contributed by atoms with Gasteiger partial charge in [0.15, 0.2) is 0 Å². The zero-order valence-corrected chi connectivity index (χ0v) is 18.2. The van der Waals surface area contributed by atoms with E-state index in [-0.39, 0.29) is 17.7 Å². The molecule has 6 nitrogen and oxygen atoms in total. The maximum Gasteiger partial charge on any atom is 0.274 e. The van der Waals surface area contributed by atoms with Gasteiger partial charge in [0.05, 0.1) is 16.8 Å². The molecule has 2 heterocycles. The van der Waals surface area contributed by atoms with Crippen molar-refractivity contribution in [3.05, 3.63) is 69.3 Å². The van der Waals surface area contributed by atoms with Gasteiger partial charge >= 0.3 is 0 Å². The van der Waals surface area contributed by atoms with Gasteiger partial charge in [0.25, 0.3) is 5.91 Å². The first-order valence-corrected chi connectivity index (χ1v) is 10.9. The van der Waals surface area contributed by atoms with Crippen molar-refractivity contribution in [1.29, 1.82) is 0 Å². The van der Waals surface area contributed by atoms with Gasteiger partial charge in [0, 0.05) is 24.0 Å². The van der Waals surface area contributed by atoms with E-state index in [0.717, 1.165) is 24.8 Å². The Balaban J connectivity index is 1.70. The van der Waals surface area contributed by atoms with Gasteiger partial charge in [-0.15, -0.1) is 0 Å². The Morgan fingerprint density at radius 3 is 2.40 bits per heavy atom. The van der Waals surface area contributed by atoms with Crippen LogP contribution in [0.1, 0.15) is 37.8 Å². The monoisotopic (exact) mass is 445 g/mol. The van der Waals surface area contributed by atoms with Crippen molar-refractivity contribution in [3.8, 4) is 0 Å². The minimum atomic E-state index is -0.613. The van der Waals surface area contributed by atoms with E-state index in [1.807, 2.05) is 49.4 Å². The highest BCUT2D eigenvalue weighted by Crippen LogP contribution is 2.42. The van der Waals surface area contributed by atoms with Crippen LogP contribution in [-0.2, 0) is 4.79 Å². The lowest BCUT2D eigenvalue weighted by atomic mass is 9.91. The molecule has 2 atom stereocenters. The van der Waals surface area contributed by atoms with E-state index in [1.165, 1.54) is 0 Å². The van der Waals surface area contributed by atoms with Crippen LogP contribution >= 0.6 is 23.2 Å². The fourth-order valence-corrected chi connectivity index (χ4v) is 4.43. The summed E-state index contributed by atoms with van der Waals surface area (Å²) >= 11 is 12.5. The van der Waals surface area contributed by atoms with Crippen LogP contribution < -0.4 is 5.01 Å². The van der Waals surface area contributed by atoms with Crippen LogP contribution in [0.2, 0.25) is 10.0 Å². The molecule has 2 aromatic carbocycles. The molecule has 2 aromatic rings. The van der Waals surface area contributed by atoms with Gasteiger partial charge in [-0.25, -0.2) is 5.01 Å². The number of hydroxylamine groups is 1. The third kappa shape index (κ3) is 4.05. The van der Waals surface area contributed by atoms with Crippen molar-refractivity contribution in [2.75, 3.05) is 18.1 Å². The predicted octanol–water partition coefficient (Wildman–Crippen LogP) is 5.27. The second-order valence-electron chi connectivity index (χ2n) is 7.66. The first-order valence-electron chi connectivity index (χ1n) is 10.1. The smallest absolute Gasteiger partial charge is 0.274 e. The molecular formula is C22H23Cl2N4O2-. The Labute approximate surface area is 186 Å². The Morgan fingerprint density at radius 2 is 1.73 bits per heavy atom.